The summed E-state index contributed by atoms with van der Waals surface area (Å²) in [6.45, 7) is 1.79. The molecule has 0 bridgehead atoms. The molecule has 2 N–H and O–H groups in total. The van der Waals surface area contributed by atoms with Gasteiger partial charge >= 0.3 is 0 Å². The second-order valence-corrected chi connectivity index (χ2v) is 4.50. The first-order valence-electron chi connectivity index (χ1n) is 6.28. The lowest BCUT2D eigenvalue weighted by Gasteiger charge is -2.15. The summed E-state index contributed by atoms with van der Waals surface area (Å²) >= 11 is 0. The van der Waals surface area contributed by atoms with Crippen molar-refractivity contribution < 1.29 is 14.5 Å². The van der Waals surface area contributed by atoms with Gasteiger partial charge in [-0.3, -0.25) is 14.9 Å². The van der Waals surface area contributed by atoms with Gasteiger partial charge in [-0.25, -0.2) is 0 Å². The molecule has 0 heterocycles. The molecule has 0 radical (unpaired) electrons. The van der Waals surface area contributed by atoms with Gasteiger partial charge in [0.05, 0.1) is 4.92 Å². The Bertz CT molecular complexity index is 668. The third-order valence-electron chi connectivity index (χ3n) is 3.00. The van der Waals surface area contributed by atoms with Gasteiger partial charge in [0.15, 0.2) is 0 Å². The molecule has 0 aliphatic carbocycles. The summed E-state index contributed by atoms with van der Waals surface area (Å²) in [5.74, 6) is 0.0484. The monoisotopic (exact) mass is 286 g/mol. The number of nitro groups is 1. The quantitative estimate of drug-likeness (QED) is 0.675. The Morgan fingerprint density at radius 2 is 1.90 bits per heavy atom. The molecule has 2 aromatic rings. The smallest absolute Gasteiger partial charge is 0.269 e. The predicted octanol–water partition coefficient (Wildman–Crippen LogP) is 2.83. The summed E-state index contributed by atoms with van der Waals surface area (Å²) in [6, 6.07) is 12.7. The molecule has 108 valence electrons. The molecule has 0 aliphatic rings. The first kappa shape index (κ1) is 14.5. The molecule has 2 aromatic carbocycles. The van der Waals surface area contributed by atoms with Crippen molar-refractivity contribution in [1.82, 2.24) is 0 Å². The molecule has 2 rings (SSSR count). The van der Waals surface area contributed by atoms with Crippen LogP contribution in [-0.2, 0) is 0 Å². The maximum atomic E-state index is 11.0. The second-order valence-electron chi connectivity index (χ2n) is 4.50. The Kier molecular flexibility index (Phi) is 4.18. The average molecular weight is 286 g/mol. The van der Waals surface area contributed by atoms with Crippen molar-refractivity contribution in [1.29, 1.82) is 0 Å². The Morgan fingerprint density at radius 1 is 1.24 bits per heavy atom. The van der Waals surface area contributed by atoms with Crippen LogP contribution in [0, 0.1) is 10.1 Å². The van der Waals surface area contributed by atoms with Crippen LogP contribution in [0.25, 0.3) is 0 Å². The maximum absolute atomic E-state index is 11.0. The molecule has 0 spiro atoms. The van der Waals surface area contributed by atoms with Gasteiger partial charge in [-0.15, -0.1) is 0 Å². The van der Waals surface area contributed by atoms with Gasteiger partial charge in [0.25, 0.3) is 5.69 Å². The summed E-state index contributed by atoms with van der Waals surface area (Å²) in [4.78, 5) is 21.3. The number of ether oxygens (including phenoxy) is 1. The van der Waals surface area contributed by atoms with E-state index >= 15 is 0 Å². The van der Waals surface area contributed by atoms with Crippen LogP contribution in [-0.4, -0.2) is 10.8 Å². The van der Waals surface area contributed by atoms with Crippen LogP contribution >= 0.6 is 0 Å². The minimum Gasteiger partial charge on any atom is -0.486 e. The van der Waals surface area contributed by atoms with Crippen LogP contribution in [0.3, 0.4) is 0 Å². The van der Waals surface area contributed by atoms with Crippen molar-refractivity contribution in [2.24, 2.45) is 5.73 Å². The molecule has 6 heteroatoms. The molecule has 0 saturated heterocycles. The fourth-order valence-electron chi connectivity index (χ4n) is 1.86. The highest BCUT2D eigenvalue weighted by Gasteiger charge is 2.12. The highest BCUT2D eigenvalue weighted by molar-refractivity contribution is 5.92. The highest BCUT2D eigenvalue weighted by Crippen LogP contribution is 2.24. The first-order chi connectivity index (χ1) is 9.97. The topological polar surface area (TPSA) is 95.5 Å². The van der Waals surface area contributed by atoms with Gasteiger partial charge in [-0.1, -0.05) is 12.1 Å². The molecular weight excluding hydrogens is 272 g/mol. The van der Waals surface area contributed by atoms with E-state index in [0.717, 1.165) is 0 Å². The number of primary amides is 1. The van der Waals surface area contributed by atoms with E-state index < -0.39 is 10.8 Å². The number of hydrogen-bond donors (Lipinski definition) is 1. The zero-order chi connectivity index (χ0) is 15.4. The van der Waals surface area contributed by atoms with Gasteiger partial charge in [-0.05, 0) is 36.8 Å². The van der Waals surface area contributed by atoms with Gasteiger partial charge in [-0.2, -0.15) is 0 Å². The minimum atomic E-state index is -0.506. The number of rotatable bonds is 5. The van der Waals surface area contributed by atoms with Gasteiger partial charge in [0.1, 0.15) is 11.9 Å². The van der Waals surface area contributed by atoms with E-state index in [1.807, 2.05) is 0 Å². The van der Waals surface area contributed by atoms with E-state index in [-0.39, 0.29) is 11.8 Å². The van der Waals surface area contributed by atoms with Crippen molar-refractivity contribution in [2.75, 3.05) is 0 Å². The van der Waals surface area contributed by atoms with E-state index in [2.05, 4.69) is 0 Å². The maximum Gasteiger partial charge on any atom is 0.269 e. The Hall–Kier alpha value is -2.89. The third-order valence-corrected chi connectivity index (χ3v) is 3.00. The van der Waals surface area contributed by atoms with Crippen LogP contribution in [0.5, 0.6) is 5.75 Å². The van der Waals surface area contributed by atoms with Crippen molar-refractivity contribution in [3.05, 3.63) is 69.8 Å². The number of amides is 1. The molecular formula is C15H14N2O4. The van der Waals surface area contributed by atoms with E-state index in [0.29, 0.717) is 16.9 Å². The minimum absolute atomic E-state index is 0.0204. The molecule has 1 atom stereocenters. The molecule has 0 unspecified atom stereocenters. The number of benzene rings is 2. The summed E-state index contributed by atoms with van der Waals surface area (Å²) in [5, 5.41) is 10.8. The largest absolute Gasteiger partial charge is 0.486 e. The van der Waals surface area contributed by atoms with E-state index in [9.17, 15) is 14.9 Å². The van der Waals surface area contributed by atoms with Crippen LogP contribution in [0.1, 0.15) is 28.9 Å². The fourth-order valence-corrected chi connectivity index (χ4v) is 1.86. The molecule has 6 nitrogen and oxygen atoms in total. The standard InChI is InChI=1S/C15H14N2O4/c1-10(12-3-2-4-13(9-12)17(19)20)21-14-7-5-11(6-8-14)15(16)18/h2-10H,1H3,(H2,16,18)/t10-/m1/s1. The van der Waals surface area contributed by atoms with Crippen LogP contribution in [0.2, 0.25) is 0 Å². The fraction of sp³-hybridized carbons (Fsp3) is 0.133. The molecule has 0 aromatic heterocycles. The normalized spacial score (nSPS) is 11.7. The Balaban J connectivity index is 2.13. The van der Waals surface area contributed by atoms with Crippen LogP contribution < -0.4 is 10.5 Å². The van der Waals surface area contributed by atoms with Gasteiger partial charge < -0.3 is 10.5 Å². The zero-order valence-corrected chi connectivity index (χ0v) is 11.4. The number of nitro benzene ring substituents is 1. The summed E-state index contributed by atoms with van der Waals surface area (Å²) in [5.41, 5.74) is 6.27. The highest BCUT2D eigenvalue weighted by atomic mass is 16.6. The lowest BCUT2D eigenvalue weighted by Crippen LogP contribution is -2.10. The van der Waals surface area contributed by atoms with Crippen LogP contribution in [0.15, 0.2) is 48.5 Å². The molecule has 1 amide bonds. The van der Waals surface area contributed by atoms with Gasteiger partial charge in [0.2, 0.25) is 5.91 Å². The van der Waals surface area contributed by atoms with E-state index in [1.54, 1.807) is 43.3 Å². The number of non-ortho nitro benzene ring substituents is 1. The molecule has 0 saturated carbocycles. The Labute approximate surface area is 121 Å². The van der Waals surface area contributed by atoms with Crippen LogP contribution in [0.4, 0.5) is 5.69 Å². The Morgan fingerprint density at radius 3 is 2.48 bits per heavy atom. The molecule has 0 fully saturated rings. The summed E-state index contributed by atoms with van der Waals surface area (Å²) < 4.78 is 5.70. The number of nitrogens with two attached hydrogens (primary N) is 1. The number of carbonyl (C=O) groups is 1. The lowest BCUT2D eigenvalue weighted by molar-refractivity contribution is -0.385. The van der Waals surface area contributed by atoms with Crippen molar-refractivity contribution in [3.63, 3.8) is 0 Å². The number of nitrogens with zero attached hydrogens (tertiary/aromatic N) is 1. The van der Waals surface area contributed by atoms with E-state index in [4.69, 9.17) is 10.5 Å². The van der Waals surface area contributed by atoms with Crippen molar-refractivity contribution in [3.8, 4) is 5.75 Å². The third kappa shape index (κ3) is 3.56. The summed E-state index contributed by atoms with van der Waals surface area (Å²) in [6.07, 6.45) is -0.357. The zero-order valence-electron chi connectivity index (χ0n) is 11.4. The van der Waals surface area contributed by atoms with Crippen molar-refractivity contribution >= 4 is 11.6 Å². The number of carbonyl (C=O) groups excluding carboxylic acids is 1. The molecule has 21 heavy (non-hydrogen) atoms. The lowest BCUT2D eigenvalue weighted by atomic mass is 10.1. The predicted molar refractivity (Wildman–Crippen MR) is 77.1 cm³/mol. The second kappa shape index (κ2) is 6.04. The SMILES string of the molecule is C[C@@H](Oc1ccc(C(N)=O)cc1)c1cccc([N+](=O)[O-])c1. The van der Waals surface area contributed by atoms with Gasteiger partial charge in [0, 0.05) is 17.7 Å². The number of hydrogen-bond acceptors (Lipinski definition) is 4. The summed E-state index contributed by atoms with van der Waals surface area (Å²) in [7, 11) is 0. The first-order valence-corrected chi connectivity index (χ1v) is 6.28. The van der Waals surface area contributed by atoms with Crippen molar-refractivity contribution in [2.45, 2.75) is 13.0 Å². The van der Waals surface area contributed by atoms with E-state index in [1.165, 1.54) is 12.1 Å². The average Bonchev–Trinajstić information content (AvgIpc) is 2.48. The molecule has 0 aliphatic heterocycles.